The van der Waals surface area contributed by atoms with Crippen LogP contribution in [-0.2, 0) is 10.4 Å². The summed E-state index contributed by atoms with van der Waals surface area (Å²) in [5, 5.41) is 11.5. The van der Waals surface area contributed by atoms with Crippen LogP contribution in [0.2, 0.25) is 0 Å². The van der Waals surface area contributed by atoms with Crippen LogP contribution >= 0.6 is 0 Å². The highest BCUT2D eigenvalue weighted by atomic mass is 19.3. The molecule has 1 aromatic rings. The number of carbonyl (C=O) groups is 1. The van der Waals surface area contributed by atoms with E-state index >= 15 is 0 Å². The maximum Gasteiger partial charge on any atom is 0.259 e. The largest absolute Gasteiger partial charge is 0.375 e. The van der Waals surface area contributed by atoms with E-state index in [-0.39, 0.29) is 18.3 Å². The molecule has 3 rings (SSSR count). The average Bonchev–Trinajstić information content (AvgIpc) is 3.02. The summed E-state index contributed by atoms with van der Waals surface area (Å²) in [5.41, 5.74) is 4.31. The van der Waals surface area contributed by atoms with Crippen LogP contribution in [0.1, 0.15) is 44.6 Å². The van der Waals surface area contributed by atoms with E-state index in [4.69, 9.17) is 5.73 Å². The Morgan fingerprint density at radius 1 is 1.27 bits per heavy atom. The molecule has 2 atom stereocenters. The maximum absolute atomic E-state index is 13.8. The minimum Gasteiger partial charge on any atom is -0.375 e. The number of nitrogens with two attached hydrogens (primary N) is 1. The fourth-order valence-electron chi connectivity index (χ4n) is 4.23. The Morgan fingerprint density at radius 3 is 2.38 bits per heavy atom. The molecule has 1 aromatic carbocycles. The molecule has 0 aromatic heterocycles. The molecule has 1 saturated heterocycles. The Morgan fingerprint density at radius 2 is 1.88 bits per heavy atom. The predicted molar refractivity (Wildman–Crippen MR) is 95.6 cm³/mol. The van der Waals surface area contributed by atoms with Gasteiger partial charge in [-0.2, -0.15) is 0 Å². The SMILES string of the molecule is CC1(CN)CCN(C(=O)C(O)(c2ccccc2)C2CCC(F)(F)C2)CC1. The molecule has 1 aliphatic carbocycles. The zero-order valence-electron chi connectivity index (χ0n) is 15.3. The highest BCUT2D eigenvalue weighted by molar-refractivity contribution is 5.87. The summed E-state index contributed by atoms with van der Waals surface area (Å²) >= 11 is 0. The van der Waals surface area contributed by atoms with Gasteiger partial charge >= 0.3 is 0 Å². The van der Waals surface area contributed by atoms with Gasteiger partial charge in [-0.05, 0) is 36.8 Å². The molecule has 2 aliphatic rings. The second-order valence-electron chi connectivity index (χ2n) is 8.24. The summed E-state index contributed by atoms with van der Waals surface area (Å²) in [4.78, 5) is 14.9. The van der Waals surface area contributed by atoms with Gasteiger partial charge in [-0.3, -0.25) is 4.79 Å². The van der Waals surface area contributed by atoms with Crippen molar-refractivity contribution in [3.05, 3.63) is 35.9 Å². The number of hydrogen-bond acceptors (Lipinski definition) is 3. The molecule has 1 heterocycles. The number of hydrogen-bond donors (Lipinski definition) is 2. The normalized spacial score (nSPS) is 27.1. The van der Waals surface area contributed by atoms with Crippen LogP contribution < -0.4 is 5.73 Å². The molecule has 2 fully saturated rings. The molecule has 1 amide bonds. The third-order valence-corrected chi connectivity index (χ3v) is 6.28. The number of benzene rings is 1. The number of rotatable bonds is 4. The first-order chi connectivity index (χ1) is 12.2. The zero-order valence-corrected chi connectivity index (χ0v) is 15.3. The van der Waals surface area contributed by atoms with Gasteiger partial charge in [0.05, 0.1) is 0 Å². The second kappa shape index (κ2) is 6.89. The van der Waals surface area contributed by atoms with E-state index in [2.05, 4.69) is 6.92 Å². The van der Waals surface area contributed by atoms with Crippen molar-refractivity contribution in [2.75, 3.05) is 19.6 Å². The molecule has 2 unspecified atom stereocenters. The van der Waals surface area contributed by atoms with E-state index < -0.39 is 29.8 Å². The lowest BCUT2D eigenvalue weighted by Gasteiger charge is -2.43. The van der Waals surface area contributed by atoms with Crippen molar-refractivity contribution in [2.45, 2.75) is 50.6 Å². The molecule has 3 N–H and O–H groups in total. The molecule has 6 heteroatoms. The first-order valence-electron chi connectivity index (χ1n) is 9.35. The molecular weight excluding hydrogens is 338 g/mol. The Labute approximate surface area is 153 Å². The Hall–Kier alpha value is -1.53. The number of aliphatic hydroxyl groups is 1. The van der Waals surface area contributed by atoms with E-state index in [1.807, 2.05) is 0 Å². The predicted octanol–water partition coefficient (Wildman–Crippen LogP) is 2.90. The molecular formula is C20H28F2N2O2. The smallest absolute Gasteiger partial charge is 0.259 e. The second-order valence-corrected chi connectivity index (χ2v) is 8.24. The van der Waals surface area contributed by atoms with Gasteiger partial charge in [-0.25, -0.2) is 8.78 Å². The van der Waals surface area contributed by atoms with Crippen molar-refractivity contribution in [2.24, 2.45) is 17.1 Å². The Balaban J connectivity index is 1.88. The topological polar surface area (TPSA) is 66.6 Å². The van der Waals surface area contributed by atoms with Crippen molar-refractivity contribution in [3.63, 3.8) is 0 Å². The lowest BCUT2D eigenvalue weighted by molar-refractivity contribution is -0.162. The van der Waals surface area contributed by atoms with E-state index in [1.165, 1.54) is 0 Å². The minimum absolute atomic E-state index is 0.0119. The van der Waals surface area contributed by atoms with Gasteiger partial charge in [0.2, 0.25) is 5.92 Å². The van der Waals surface area contributed by atoms with E-state index in [9.17, 15) is 18.7 Å². The van der Waals surface area contributed by atoms with Gasteiger partial charge in [0.25, 0.3) is 5.91 Å². The Bertz CT molecular complexity index is 644. The number of nitrogens with zero attached hydrogens (tertiary/aromatic N) is 1. The van der Waals surface area contributed by atoms with Gasteiger partial charge in [-0.15, -0.1) is 0 Å². The van der Waals surface area contributed by atoms with Crippen molar-refractivity contribution in [3.8, 4) is 0 Å². The Kier molecular flexibility index (Phi) is 5.10. The third kappa shape index (κ3) is 3.49. The minimum atomic E-state index is -2.83. The number of likely N-dealkylation sites (tertiary alicyclic amines) is 1. The molecule has 1 aliphatic heterocycles. The van der Waals surface area contributed by atoms with Crippen LogP contribution in [-0.4, -0.2) is 41.5 Å². The molecule has 144 valence electrons. The maximum atomic E-state index is 13.8. The summed E-state index contributed by atoms with van der Waals surface area (Å²) < 4.78 is 27.7. The molecule has 4 nitrogen and oxygen atoms in total. The van der Waals surface area contributed by atoms with Crippen LogP contribution in [0, 0.1) is 11.3 Å². The average molecular weight is 366 g/mol. The lowest BCUT2D eigenvalue weighted by Crippen LogP contribution is -2.54. The van der Waals surface area contributed by atoms with Crippen molar-refractivity contribution >= 4 is 5.91 Å². The number of amides is 1. The third-order valence-electron chi connectivity index (χ3n) is 6.28. The monoisotopic (exact) mass is 366 g/mol. The summed E-state index contributed by atoms with van der Waals surface area (Å²) in [5.74, 6) is -4.06. The van der Waals surface area contributed by atoms with Crippen molar-refractivity contribution in [1.82, 2.24) is 4.90 Å². The zero-order chi connectivity index (χ0) is 19.0. The highest BCUT2D eigenvalue weighted by Crippen LogP contribution is 2.48. The molecule has 26 heavy (non-hydrogen) atoms. The molecule has 0 bridgehead atoms. The van der Waals surface area contributed by atoms with Crippen molar-refractivity contribution in [1.29, 1.82) is 0 Å². The summed E-state index contributed by atoms with van der Waals surface area (Å²) in [6.07, 6.45) is 0.893. The van der Waals surface area contributed by atoms with Gasteiger partial charge in [0.15, 0.2) is 5.60 Å². The summed E-state index contributed by atoms with van der Waals surface area (Å²) in [6, 6.07) is 8.54. The van der Waals surface area contributed by atoms with Gasteiger partial charge in [0, 0.05) is 31.8 Å². The highest BCUT2D eigenvalue weighted by Gasteiger charge is 2.54. The first-order valence-corrected chi connectivity index (χ1v) is 9.35. The number of alkyl halides is 2. The van der Waals surface area contributed by atoms with E-state index in [1.54, 1.807) is 35.2 Å². The molecule has 0 spiro atoms. The number of piperidine rings is 1. The van der Waals surface area contributed by atoms with Crippen LogP contribution in [0.15, 0.2) is 30.3 Å². The lowest BCUT2D eigenvalue weighted by atomic mass is 9.76. The van der Waals surface area contributed by atoms with Gasteiger partial charge in [0.1, 0.15) is 0 Å². The summed E-state index contributed by atoms with van der Waals surface area (Å²) in [6.45, 7) is 3.62. The van der Waals surface area contributed by atoms with Crippen LogP contribution in [0.5, 0.6) is 0 Å². The van der Waals surface area contributed by atoms with Crippen LogP contribution in [0.3, 0.4) is 0 Å². The van der Waals surface area contributed by atoms with Crippen molar-refractivity contribution < 1.29 is 18.7 Å². The van der Waals surface area contributed by atoms with Crippen LogP contribution in [0.25, 0.3) is 0 Å². The van der Waals surface area contributed by atoms with E-state index in [0.29, 0.717) is 25.2 Å². The van der Waals surface area contributed by atoms with Gasteiger partial charge in [-0.1, -0.05) is 37.3 Å². The van der Waals surface area contributed by atoms with Crippen LogP contribution in [0.4, 0.5) is 8.78 Å². The van der Waals surface area contributed by atoms with Gasteiger partial charge < -0.3 is 15.7 Å². The fourth-order valence-corrected chi connectivity index (χ4v) is 4.23. The fraction of sp³-hybridized carbons (Fsp3) is 0.650. The first kappa shape index (κ1) is 19.2. The number of carbonyl (C=O) groups excluding carboxylic acids is 1. The quantitative estimate of drug-likeness (QED) is 0.861. The molecule has 1 saturated carbocycles. The van der Waals surface area contributed by atoms with E-state index in [0.717, 1.165) is 12.8 Å². The summed E-state index contributed by atoms with van der Waals surface area (Å²) in [7, 11) is 0. The molecule has 0 radical (unpaired) electrons. The standard InChI is InChI=1S/C20H28F2N2O2/c1-18(14-23)9-11-24(12-10-18)17(25)20(26,15-5-3-2-4-6-15)16-7-8-19(21,22)13-16/h2-6,16,26H,7-14,23H2,1H3. The number of halogens is 2.